The summed E-state index contributed by atoms with van der Waals surface area (Å²) in [6, 6.07) is 12.8. The molecule has 2 N–H and O–H groups in total. The number of benzene rings is 2. The predicted molar refractivity (Wildman–Crippen MR) is 97.0 cm³/mol. The van der Waals surface area contributed by atoms with Crippen LogP contribution in [0.25, 0.3) is 0 Å². The summed E-state index contributed by atoms with van der Waals surface area (Å²) in [5, 5.41) is 5.07. The molecule has 6 nitrogen and oxygen atoms in total. The molecule has 0 heterocycles. The summed E-state index contributed by atoms with van der Waals surface area (Å²) in [6.45, 7) is 4.36. The fourth-order valence-electron chi connectivity index (χ4n) is 2.34. The Labute approximate surface area is 149 Å². The third-order valence-corrected chi connectivity index (χ3v) is 6.60. The van der Waals surface area contributed by atoms with E-state index in [2.05, 4.69) is 13.8 Å². The zero-order valence-electron chi connectivity index (χ0n) is 14.4. The molecule has 0 aliphatic carbocycles. The zero-order chi connectivity index (χ0) is 18.8. The SMILES string of the molecule is CC(C)c1ccc(CN(C)S(=O)(=O)c2cccc(S(N)(=O)=O)c2)cc1. The molecule has 2 rings (SSSR count). The number of hydrogen-bond donors (Lipinski definition) is 1. The molecular weight excluding hydrogens is 360 g/mol. The Hall–Kier alpha value is -1.74. The summed E-state index contributed by atoms with van der Waals surface area (Å²) in [7, 11) is -6.35. The van der Waals surface area contributed by atoms with E-state index in [1.165, 1.54) is 35.1 Å². The lowest BCUT2D eigenvalue weighted by atomic mass is 10.0. The van der Waals surface area contributed by atoms with Crippen molar-refractivity contribution >= 4 is 20.0 Å². The summed E-state index contributed by atoms with van der Waals surface area (Å²) in [5.41, 5.74) is 2.02. The summed E-state index contributed by atoms with van der Waals surface area (Å²) in [6.07, 6.45) is 0. The molecule has 0 spiro atoms. The van der Waals surface area contributed by atoms with E-state index in [0.29, 0.717) is 5.92 Å². The van der Waals surface area contributed by atoms with E-state index in [-0.39, 0.29) is 16.3 Å². The minimum Gasteiger partial charge on any atom is -0.225 e. The number of hydrogen-bond acceptors (Lipinski definition) is 4. The number of nitrogens with two attached hydrogens (primary N) is 1. The second-order valence-corrected chi connectivity index (χ2v) is 9.78. The third kappa shape index (κ3) is 4.66. The van der Waals surface area contributed by atoms with Gasteiger partial charge in [0, 0.05) is 13.6 Å². The number of primary sulfonamides is 1. The lowest BCUT2D eigenvalue weighted by molar-refractivity contribution is 0.466. The minimum atomic E-state index is -3.97. The lowest BCUT2D eigenvalue weighted by Gasteiger charge is -2.18. The Balaban J connectivity index is 2.27. The Kier molecular flexibility index (Phi) is 5.68. The van der Waals surface area contributed by atoms with Crippen LogP contribution in [0.4, 0.5) is 0 Å². The van der Waals surface area contributed by atoms with Crippen LogP contribution in [-0.4, -0.2) is 28.2 Å². The minimum absolute atomic E-state index is 0.111. The first kappa shape index (κ1) is 19.6. The van der Waals surface area contributed by atoms with E-state index in [1.807, 2.05) is 24.3 Å². The van der Waals surface area contributed by atoms with E-state index in [9.17, 15) is 16.8 Å². The third-order valence-electron chi connectivity index (χ3n) is 3.89. The van der Waals surface area contributed by atoms with Gasteiger partial charge in [0.25, 0.3) is 0 Å². The van der Waals surface area contributed by atoms with Crippen LogP contribution in [-0.2, 0) is 26.6 Å². The molecular formula is C17H22N2O4S2. The molecule has 0 fully saturated rings. The van der Waals surface area contributed by atoms with Gasteiger partial charge in [-0.3, -0.25) is 0 Å². The highest BCUT2D eigenvalue weighted by molar-refractivity contribution is 7.90. The quantitative estimate of drug-likeness (QED) is 0.829. The van der Waals surface area contributed by atoms with Gasteiger partial charge in [-0.15, -0.1) is 0 Å². The number of rotatable bonds is 6. The summed E-state index contributed by atoms with van der Waals surface area (Å²) < 4.78 is 49.4. The summed E-state index contributed by atoms with van der Waals surface area (Å²) in [4.78, 5) is -0.344. The van der Waals surface area contributed by atoms with Crippen LogP contribution >= 0.6 is 0 Å². The summed E-state index contributed by atoms with van der Waals surface area (Å²) in [5.74, 6) is 0.400. The van der Waals surface area contributed by atoms with Gasteiger partial charge in [0.1, 0.15) is 0 Å². The van der Waals surface area contributed by atoms with Crippen molar-refractivity contribution in [2.45, 2.75) is 36.1 Å². The second-order valence-electron chi connectivity index (χ2n) is 6.18. The zero-order valence-corrected chi connectivity index (χ0v) is 16.0. The second kappa shape index (κ2) is 7.25. The van der Waals surface area contributed by atoms with E-state index in [0.717, 1.165) is 11.6 Å². The van der Waals surface area contributed by atoms with Crippen LogP contribution < -0.4 is 5.14 Å². The van der Waals surface area contributed by atoms with Crippen LogP contribution in [0.2, 0.25) is 0 Å². The van der Waals surface area contributed by atoms with Crippen molar-refractivity contribution < 1.29 is 16.8 Å². The Bertz CT molecular complexity index is 950. The topological polar surface area (TPSA) is 97.5 Å². The monoisotopic (exact) mass is 382 g/mol. The Morgan fingerprint density at radius 1 is 0.960 bits per heavy atom. The van der Waals surface area contributed by atoms with E-state index >= 15 is 0 Å². The van der Waals surface area contributed by atoms with Crippen LogP contribution in [0.15, 0.2) is 58.3 Å². The molecule has 136 valence electrons. The van der Waals surface area contributed by atoms with Crippen molar-refractivity contribution in [2.24, 2.45) is 5.14 Å². The van der Waals surface area contributed by atoms with Gasteiger partial charge in [0.05, 0.1) is 9.79 Å². The highest BCUT2D eigenvalue weighted by Gasteiger charge is 2.22. The Morgan fingerprint density at radius 2 is 1.52 bits per heavy atom. The fourth-order valence-corrected chi connectivity index (χ4v) is 4.18. The molecule has 0 aliphatic rings. The summed E-state index contributed by atoms with van der Waals surface area (Å²) >= 11 is 0. The highest BCUT2D eigenvalue weighted by atomic mass is 32.2. The molecule has 8 heteroatoms. The molecule has 0 saturated carbocycles. The maximum absolute atomic E-state index is 12.7. The first-order valence-electron chi connectivity index (χ1n) is 7.70. The molecule has 2 aromatic carbocycles. The van der Waals surface area contributed by atoms with Gasteiger partial charge in [-0.2, -0.15) is 4.31 Å². The molecule has 0 bridgehead atoms. The highest BCUT2D eigenvalue weighted by Crippen LogP contribution is 2.21. The van der Waals surface area contributed by atoms with E-state index in [4.69, 9.17) is 5.14 Å². The van der Waals surface area contributed by atoms with Gasteiger partial charge in [-0.1, -0.05) is 44.2 Å². The van der Waals surface area contributed by atoms with Crippen LogP contribution in [0.3, 0.4) is 0 Å². The molecule has 0 atom stereocenters. The maximum atomic E-state index is 12.7. The van der Waals surface area contributed by atoms with Crippen molar-refractivity contribution in [3.8, 4) is 0 Å². The predicted octanol–water partition coefficient (Wildman–Crippen LogP) is 2.28. The maximum Gasteiger partial charge on any atom is 0.243 e. The van der Waals surface area contributed by atoms with Crippen molar-refractivity contribution in [1.82, 2.24) is 4.31 Å². The normalized spacial score (nSPS) is 12.7. The van der Waals surface area contributed by atoms with Gasteiger partial charge >= 0.3 is 0 Å². The first-order chi connectivity index (χ1) is 11.5. The van der Waals surface area contributed by atoms with Gasteiger partial charge in [0.2, 0.25) is 20.0 Å². The molecule has 25 heavy (non-hydrogen) atoms. The molecule has 0 amide bonds. The van der Waals surface area contributed by atoms with Gasteiger partial charge < -0.3 is 0 Å². The molecule has 0 unspecified atom stereocenters. The largest absolute Gasteiger partial charge is 0.243 e. The number of nitrogens with zero attached hydrogens (tertiary/aromatic N) is 1. The van der Waals surface area contributed by atoms with Crippen molar-refractivity contribution in [3.05, 3.63) is 59.7 Å². The number of sulfonamides is 2. The average molecular weight is 383 g/mol. The molecule has 0 saturated heterocycles. The first-order valence-corrected chi connectivity index (χ1v) is 10.7. The van der Waals surface area contributed by atoms with Crippen LogP contribution in [0.1, 0.15) is 30.9 Å². The molecule has 2 aromatic rings. The van der Waals surface area contributed by atoms with Gasteiger partial charge in [0.15, 0.2) is 0 Å². The fraction of sp³-hybridized carbons (Fsp3) is 0.294. The van der Waals surface area contributed by atoms with Crippen molar-refractivity contribution in [2.75, 3.05) is 7.05 Å². The van der Waals surface area contributed by atoms with Gasteiger partial charge in [-0.05, 0) is 35.2 Å². The molecule has 0 aliphatic heterocycles. The smallest absolute Gasteiger partial charge is 0.225 e. The van der Waals surface area contributed by atoms with Gasteiger partial charge in [-0.25, -0.2) is 22.0 Å². The lowest BCUT2D eigenvalue weighted by Crippen LogP contribution is -2.26. The van der Waals surface area contributed by atoms with Crippen molar-refractivity contribution in [3.63, 3.8) is 0 Å². The Morgan fingerprint density at radius 3 is 2.04 bits per heavy atom. The van der Waals surface area contributed by atoms with Crippen LogP contribution in [0.5, 0.6) is 0 Å². The van der Waals surface area contributed by atoms with Crippen LogP contribution in [0, 0.1) is 0 Å². The molecule has 0 aromatic heterocycles. The van der Waals surface area contributed by atoms with E-state index in [1.54, 1.807) is 0 Å². The average Bonchev–Trinajstić information content (AvgIpc) is 2.54. The standard InChI is InChI=1S/C17H22N2O4S2/c1-13(2)15-9-7-14(8-10-15)12-19(3)25(22,23)17-6-4-5-16(11-17)24(18,20)21/h4-11,13H,12H2,1-3H3,(H2,18,20,21). The molecule has 0 radical (unpaired) electrons. The van der Waals surface area contributed by atoms with E-state index < -0.39 is 20.0 Å². The van der Waals surface area contributed by atoms with Crippen molar-refractivity contribution in [1.29, 1.82) is 0 Å².